The van der Waals surface area contributed by atoms with E-state index in [1.54, 1.807) is 18.4 Å². The first-order valence-corrected chi connectivity index (χ1v) is 9.13. The van der Waals surface area contributed by atoms with Gasteiger partial charge >= 0.3 is 0 Å². The molecule has 6 heteroatoms. The second-order valence-corrected chi connectivity index (χ2v) is 6.96. The van der Waals surface area contributed by atoms with Crippen LogP contribution in [0, 0.1) is 6.92 Å². The molecule has 0 spiro atoms. The molecule has 0 atom stereocenters. The molecule has 0 saturated heterocycles. The Morgan fingerprint density at radius 2 is 1.84 bits per heavy atom. The van der Waals surface area contributed by atoms with Crippen LogP contribution in [0.3, 0.4) is 0 Å². The van der Waals surface area contributed by atoms with Gasteiger partial charge in [0.25, 0.3) is 0 Å². The molecule has 0 saturated carbocycles. The summed E-state index contributed by atoms with van der Waals surface area (Å²) in [6.07, 6.45) is 0. The molecule has 1 heterocycles. The highest BCUT2D eigenvalue weighted by Gasteiger charge is 2.03. The number of methoxy groups -OCH3 is 1. The third-order valence-electron chi connectivity index (χ3n) is 3.67. The first kappa shape index (κ1) is 17.4. The third-order valence-corrected chi connectivity index (χ3v) is 4.69. The van der Waals surface area contributed by atoms with Crippen molar-refractivity contribution in [1.82, 2.24) is 10.3 Å². The number of anilines is 1. The molecule has 2 N–H and O–H groups in total. The van der Waals surface area contributed by atoms with E-state index in [4.69, 9.17) is 17.0 Å². The second-order valence-electron chi connectivity index (χ2n) is 5.48. The Kier molecular flexibility index (Phi) is 5.63. The molecule has 4 nitrogen and oxygen atoms in total. The Morgan fingerprint density at radius 1 is 1.12 bits per heavy atom. The van der Waals surface area contributed by atoms with E-state index in [0.717, 1.165) is 33.3 Å². The van der Waals surface area contributed by atoms with Gasteiger partial charge in [-0.3, -0.25) is 0 Å². The highest BCUT2D eigenvalue weighted by Crippen LogP contribution is 2.23. The van der Waals surface area contributed by atoms with Crippen molar-refractivity contribution in [3.05, 3.63) is 64.5 Å². The molecule has 0 unspecified atom stereocenters. The van der Waals surface area contributed by atoms with E-state index in [0.29, 0.717) is 11.7 Å². The number of nitrogens with zero attached hydrogens (tertiary/aromatic N) is 1. The van der Waals surface area contributed by atoms with Crippen molar-refractivity contribution in [2.45, 2.75) is 13.5 Å². The molecule has 0 bridgehead atoms. The van der Waals surface area contributed by atoms with Gasteiger partial charge < -0.3 is 15.4 Å². The van der Waals surface area contributed by atoms with Crippen LogP contribution in [0.5, 0.6) is 5.75 Å². The van der Waals surface area contributed by atoms with E-state index in [9.17, 15) is 0 Å². The molecular weight excluding hydrogens is 350 g/mol. The highest BCUT2D eigenvalue weighted by molar-refractivity contribution is 7.80. The maximum atomic E-state index is 5.36. The van der Waals surface area contributed by atoms with E-state index in [-0.39, 0.29) is 0 Å². The van der Waals surface area contributed by atoms with Crippen LogP contribution in [-0.2, 0) is 6.54 Å². The molecule has 128 valence electrons. The fraction of sp³-hybridized carbons (Fsp3) is 0.158. The lowest BCUT2D eigenvalue weighted by atomic mass is 10.1. The Balaban J connectivity index is 1.53. The first-order valence-electron chi connectivity index (χ1n) is 7.84. The summed E-state index contributed by atoms with van der Waals surface area (Å²) in [7, 11) is 1.66. The van der Waals surface area contributed by atoms with Gasteiger partial charge in [0.15, 0.2) is 5.11 Å². The van der Waals surface area contributed by atoms with Gasteiger partial charge in [-0.15, -0.1) is 11.3 Å². The number of nitrogens with one attached hydrogen (secondary N) is 2. The second kappa shape index (κ2) is 8.09. The summed E-state index contributed by atoms with van der Waals surface area (Å²) < 4.78 is 5.15. The summed E-state index contributed by atoms with van der Waals surface area (Å²) in [4.78, 5) is 4.50. The van der Waals surface area contributed by atoms with Crippen LogP contribution in [0.25, 0.3) is 11.3 Å². The fourth-order valence-electron chi connectivity index (χ4n) is 2.32. The molecule has 1 aromatic heterocycles. The Morgan fingerprint density at radius 3 is 2.44 bits per heavy atom. The van der Waals surface area contributed by atoms with Crippen molar-refractivity contribution in [2.24, 2.45) is 0 Å². The molecular formula is C19H19N3OS2. The molecule has 25 heavy (non-hydrogen) atoms. The topological polar surface area (TPSA) is 46.2 Å². The quantitative estimate of drug-likeness (QED) is 0.643. The Hall–Kier alpha value is -2.44. The maximum absolute atomic E-state index is 5.36. The largest absolute Gasteiger partial charge is 0.497 e. The average Bonchev–Trinajstić information content (AvgIpc) is 3.07. The number of ether oxygens (including phenoxy) is 1. The van der Waals surface area contributed by atoms with Crippen molar-refractivity contribution >= 4 is 34.4 Å². The SMILES string of the molecule is COc1ccc(CNC(=S)Nc2ccc(-c3csc(C)n3)cc2)cc1. The summed E-state index contributed by atoms with van der Waals surface area (Å²) in [6, 6.07) is 16.0. The monoisotopic (exact) mass is 369 g/mol. The van der Waals surface area contributed by atoms with Crippen LogP contribution in [0.15, 0.2) is 53.9 Å². The molecule has 0 aliphatic rings. The van der Waals surface area contributed by atoms with Crippen LogP contribution < -0.4 is 15.4 Å². The predicted molar refractivity (Wildman–Crippen MR) is 108 cm³/mol. The van der Waals surface area contributed by atoms with Crippen molar-refractivity contribution in [1.29, 1.82) is 0 Å². The van der Waals surface area contributed by atoms with Crippen LogP contribution in [0.1, 0.15) is 10.6 Å². The van der Waals surface area contributed by atoms with Gasteiger partial charge in [0.1, 0.15) is 5.75 Å². The number of aromatic nitrogens is 1. The first-order chi connectivity index (χ1) is 12.1. The lowest BCUT2D eigenvalue weighted by molar-refractivity contribution is 0.414. The molecule has 0 amide bonds. The van der Waals surface area contributed by atoms with E-state index >= 15 is 0 Å². The lowest BCUT2D eigenvalue weighted by Gasteiger charge is -2.11. The Labute approximate surface area is 156 Å². The Bertz CT molecular complexity index is 842. The van der Waals surface area contributed by atoms with Gasteiger partial charge in [-0.1, -0.05) is 24.3 Å². The predicted octanol–water partition coefficient (Wildman–Crippen LogP) is 4.61. The zero-order valence-electron chi connectivity index (χ0n) is 14.1. The smallest absolute Gasteiger partial charge is 0.171 e. The van der Waals surface area contributed by atoms with Crippen molar-refractivity contribution in [2.75, 3.05) is 12.4 Å². The van der Waals surface area contributed by atoms with Crippen LogP contribution >= 0.6 is 23.6 Å². The molecule has 0 radical (unpaired) electrons. The minimum atomic E-state index is 0.591. The summed E-state index contributed by atoms with van der Waals surface area (Å²) in [6.45, 7) is 2.67. The molecule has 2 aromatic carbocycles. The molecule has 0 fully saturated rings. The number of rotatable bonds is 5. The normalized spacial score (nSPS) is 10.3. The van der Waals surface area contributed by atoms with Crippen molar-refractivity contribution in [3.63, 3.8) is 0 Å². The average molecular weight is 370 g/mol. The number of hydrogen-bond acceptors (Lipinski definition) is 4. The van der Waals surface area contributed by atoms with Crippen molar-refractivity contribution < 1.29 is 4.74 Å². The van der Waals surface area contributed by atoms with Gasteiger partial charge in [-0.2, -0.15) is 0 Å². The van der Waals surface area contributed by atoms with Gasteiger partial charge in [-0.05, 0) is 49.0 Å². The van der Waals surface area contributed by atoms with Crippen molar-refractivity contribution in [3.8, 4) is 17.0 Å². The van der Waals surface area contributed by atoms with Crippen LogP contribution in [-0.4, -0.2) is 17.2 Å². The summed E-state index contributed by atoms with van der Waals surface area (Å²) >= 11 is 7.01. The van der Waals surface area contributed by atoms with Crippen LogP contribution in [0.2, 0.25) is 0 Å². The summed E-state index contributed by atoms with van der Waals surface area (Å²) in [5.74, 6) is 0.847. The van der Waals surface area contributed by atoms with E-state index < -0.39 is 0 Å². The van der Waals surface area contributed by atoms with Gasteiger partial charge in [0.2, 0.25) is 0 Å². The summed E-state index contributed by atoms with van der Waals surface area (Å²) in [5, 5.41) is 10.1. The number of thiazole rings is 1. The minimum Gasteiger partial charge on any atom is -0.497 e. The lowest BCUT2D eigenvalue weighted by Crippen LogP contribution is -2.27. The minimum absolute atomic E-state index is 0.591. The highest BCUT2D eigenvalue weighted by atomic mass is 32.1. The van der Waals surface area contributed by atoms with Crippen LogP contribution in [0.4, 0.5) is 5.69 Å². The van der Waals surface area contributed by atoms with E-state index in [1.165, 1.54) is 0 Å². The molecule has 0 aliphatic carbocycles. The fourth-order valence-corrected chi connectivity index (χ4v) is 3.13. The van der Waals surface area contributed by atoms with Gasteiger partial charge in [0, 0.05) is 23.2 Å². The van der Waals surface area contributed by atoms with E-state index in [2.05, 4.69) is 21.0 Å². The number of thiocarbonyl (C=S) groups is 1. The van der Waals surface area contributed by atoms with E-state index in [1.807, 2.05) is 55.5 Å². The maximum Gasteiger partial charge on any atom is 0.171 e. The number of aryl methyl sites for hydroxylation is 1. The zero-order valence-corrected chi connectivity index (χ0v) is 15.7. The third kappa shape index (κ3) is 4.78. The number of hydrogen-bond donors (Lipinski definition) is 2. The van der Waals surface area contributed by atoms with Gasteiger partial charge in [-0.25, -0.2) is 4.98 Å². The molecule has 0 aliphatic heterocycles. The standard InChI is InChI=1S/C19H19N3OS2/c1-13-21-18(12-25-13)15-5-7-16(8-6-15)22-19(24)20-11-14-3-9-17(23-2)10-4-14/h3-10,12H,11H2,1-2H3,(H2,20,22,24). The van der Waals surface area contributed by atoms with Gasteiger partial charge in [0.05, 0.1) is 17.8 Å². The zero-order chi connectivity index (χ0) is 17.6. The summed E-state index contributed by atoms with van der Waals surface area (Å²) in [5.41, 5.74) is 4.20. The molecule has 3 aromatic rings. The molecule has 3 rings (SSSR count). The number of benzene rings is 2.